The van der Waals surface area contributed by atoms with Gasteiger partial charge in [-0.2, -0.15) is 0 Å². The summed E-state index contributed by atoms with van der Waals surface area (Å²) in [4.78, 5) is 0. The van der Waals surface area contributed by atoms with E-state index in [1.807, 2.05) is 0 Å². The smallest absolute Gasteiger partial charge is 0.129 e. The molecule has 1 spiro atoms. The van der Waals surface area contributed by atoms with Crippen molar-refractivity contribution in [3.8, 4) is 0 Å². The van der Waals surface area contributed by atoms with Crippen molar-refractivity contribution in [3.63, 3.8) is 0 Å². The summed E-state index contributed by atoms with van der Waals surface area (Å²) in [7, 11) is 0. The molecule has 0 atom stereocenters. The van der Waals surface area contributed by atoms with Gasteiger partial charge in [-0.3, -0.25) is 0 Å². The van der Waals surface area contributed by atoms with Crippen LogP contribution in [0.25, 0.3) is 0 Å². The second-order valence-electron chi connectivity index (χ2n) is 3.65. The summed E-state index contributed by atoms with van der Waals surface area (Å²) in [5.41, 5.74) is 0. The molecule has 1 heteroatoms. The highest BCUT2D eigenvalue weighted by Crippen LogP contribution is 2.26. The zero-order valence-corrected chi connectivity index (χ0v) is 6.10. The summed E-state index contributed by atoms with van der Waals surface area (Å²) in [6, 6.07) is 0. The minimum Gasteiger partial charge on any atom is -0.314 e. The molecule has 0 bridgehead atoms. The van der Waals surface area contributed by atoms with E-state index in [-0.39, 0.29) is 0 Å². The Morgan fingerprint density at radius 3 is 1.56 bits per heavy atom. The van der Waals surface area contributed by atoms with Gasteiger partial charge in [0.05, 0.1) is 13.1 Å². The quantitative estimate of drug-likeness (QED) is 0.340. The Morgan fingerprint density at radius 2 is 1.11 bits per heavy atom. The zero-order chi connectivity index (χ0) is 6.16. The van der Waals surface area contributed by atoms with Gasteiger partial charge in [-0.05, 0) is 25.7 Å². The van der Waals surface area contributed by atoms with Crippen LogP contribution in [0, 0.1) is 0 Å². The van der Waals surface area contributed by atoms with Gasteiger partial charge < -0.3 is 4.48 Å². The van der Waals surface area contributed by atoms with Gasteiger partial charge in [-0.1, -0.05) is 0 Å². The highest BCUT2D eigenvalue weighted by Gasteiger charge is 2.41. The number of rotatable bonds is 0. The van der Waals surface area contributed by atoms with E-state index in [4.69, 9.17) is 0 Å². The van der Waals surface area contributed by atoms with Crippen molar-refractivity contribution in [2.75, 3.05) is 26.2 Å². The molecule has 0 aromatic carbocycles. The highest BCUT2D eigenvalue weighted by molar-refractivity contribution is 4.61. The lowest BCUT2D eigenvalue weighted by Gasteiger charge is -2.13. The first-order valence-electron chi connectivity index (χ1n) is 4.26. The first-order chi connectivity index (χ1) is 4.41. The normalized spacial score (nSPS) is 32.0. The molecule has 0 radical (unpaired) electrons. The van der Waals surface area contributed by atoms with E-state index in [0.29, 0.717) is 0 Å². The van der Waals surface area contributed by atoms with E-state index in [1.54, 1.807) is 0 Å². The third-order valence-electron chi connectivity index (χ3n) is 2.87. The van der Waals surface area contributed by atoms with Crippen LogP contribution in [0.5, 0.6) is 0 Å². The summed E-state index contributed by atoms with van der Waals surface area (Å²) in [6.07, 6.45) is 6.00. The Hall–Kier alpha value is -0.0400. The Bertz CT molecular complexity index is 95.1. The van der Waals surface area contributed by atoms with Crippen molar-refractivity contribution in [1.82, 2.24) is 0 Å². The fourth-order valence-electron chi connectivity index (χ4n) is 1.95. The zero-order valence-electron chi connectivity index (χ0n) is 6.10. The molecule has 9 heavy (non-hydrogen) atoms. The van der Waals surface area contributed by atoms with Crippen molar-refractivity contribution in [1.29, 1.82) is 0 Å². The molecule has 1 nitrogen and oxygen atoms in total. The number of nitrogens with zero attached hydrogens (tertiary/aromatic N) is 1. The average Bonchev–Trinajstić information content (AvgIpc) is 2.64. The molecular formula is C8H16N+. The van der Waals surface area contributed by atoms with Crippen molar-refractivity contribution in [3.05, 3.63) is 0 Å². The van der Waals surface area contributed by atoms with Crippen LogP contribution in [0.15, 0.2) is 0 Å². The van der Waals surface area contributed by atoms with Gasteiger partial charge in [0.15, 0.2) is 0 Å². The first-order valence-corrected chi connectivity index (χ1v) is 4.26. The fraction of sp³-hybridized carbons (Fsp3) is 1.00. The van der Waals surface area contributed by atoms with Crippen LogP contribution in [0.3, 0.4) is 0 Å². The Balaban J connectivity index is 1.92. The van der Waals surface area contributed by atoms with Gasteiger partial charge in [0, 0.05) is 0 Å². The van der Waals surface area contributed by atoms with Gasteiger partial charge in [-0.15, -0.1) is 0 Å². The highest BCUT2D eigenvalue weighted by atomic mass is 15.5. The maximum Gasteiger partial charge on any atom is 0.129 e. The molecule has 0 aliphatic carbocycles. The van der Waals surface area contributed by atoms with E-state index >= 15 is 0 Å². The predicted octanol–water partition coefficient (Wildman–Crippen LogP) is 1.39. The summed E-state index contributed by atoms with van der Waals surface area (Å²) < 4.78 is 1.50. The van der Waals surface area contributed by atoms with E-state index in [9.17, 15) is 0 Å². The molecule has 0 unspecified atom stereocenters. The minimum atomic E-state index is 1.50. The van der Waals surface area contributed by atoms with Crippen LogP contribution in [-0.2, 0) is 0 Å². The second-order valence-corrected chi connectivity index (χ2v) is 3.65. The summed E-state index contributed by atoms with van der Waals surface area (Å²) in [6.45, 7) is 6.00. The molecule has 0 aromatic heterocycles. The maximum atomic E-state index is 1.50. The topological polar surface area (TPSA) is 0 Å². The number of quaternary nitrogens is 1. The molecule has 0 N–H and O–H groups in total. The standard InChI is InChI=1S/C8H16N/c1-2-4-6-9(5-3-1)7-8-9/h1-8H2/q+1. The molecule has 0 amide bonds. The summed E-state index contributed by atoms with van der Waals surface area (Å²) in [5.74, 6) is 0. The van der Waals surface area contributed by atoms with Crippen LogP contribution < -0.4 is 0 Å². The Kier molecular flexibility index (Phi) is 1.26. The SMILES string of the molecule is C1CCC[N+]2(CC1)CC2. The summed E-state index contributed by atoms with van der Waals surface area (Å²) >= 11 is 0. The second kappa shape index (κ2) is 1.98. The molecule has 2 aliphatic rings. The van der Waals surface area contributed by atoms with Crippen LogP contribution in [0.1, 0.15) is 25.7 Å². The van der Waals surface area contributed by atoms with Crippen LogP contribution in [-0.4, -0.2) is 30.7 Å². The maximum absolute atomic E-state index is 1.50. The lowest BCUT2D eigenvalue weighted by molar-refractivity contribution is -0.798. The van der Waals surface area contributed by atoms with Crippen molar-refractivity contribution in [2.24, 2.45) is 0 Å². The number of hydrogen-bond donors (Lipinski definition) is 0. The van der Waals surface area contributed by atoms with Gasteiger partial charge in [0.2, 0.25) is 0 Å². The fourth-order valence-corrected chi connectivity index (χ4v) is 1.95. The molecule has 52 valence electrons. The molecule has 0 aromatic rings. The van der Waals surface area contributed by atoms with Crippen molar-refractivity contribution < 1.29 is 4.48 Å². The van der Waals surface area contributed by atoms with Gasteiger partial charge in [-0.25, -0.2) is 0 Å². The van der Waals surface area contributed by atoms with Gasteiger partial charge in [0.25, 0.3) is 0 Å². The molecule has 2 heterocycles. The largest absolute Gasteiger partial charge is 0.314 e. The summed E-state index contributed by atoms with van der Waals surface area (Å²) in [5, 5.41) is 0. The molecule has 2 saturated heterocycles. The van der Waals surface area contributed by atoms with Crippen LogP contribution >= 0.6 is 0 Å². The molecule has 2 fully saturated rings. The van der Waals surface area contributed by atoms with Crippen molar-refractivity contribution in [2.45, 2.75) is 25.7 Å². The van der Waals surface area contributed by atoms with Crippen LogP contribution in [0.2, 0.25) is 0 Å². The third kappa shape index (κ3) is 1.11. The first kappa shape index (κ1) is 5.72. The molecular weight excluding hydrogens is 110 g/mol. The van der Waals surface area contributed by atoms with E-state index in [2.05, 4.69) is 0 Å². The number of hydrogen-bond acceptors (Lipinski definition) is 0. The molecule has 2 aliphatic heterocycles. The van der Waals surface area contributed by atoms with E-state index < -0.39 is 0 Å². The van der Waals surface area contributed by atoms with Gasteiger partial charge >= 0.3 is 0 Å². The Morgan fingerprint density at radius 1 is 0.556 bits per heavy atom. The van der Waals surface area contributed by atoms with E-state index in [0.717, 1.165) is 0 Å². The predicted molar refractivity (Wildman–Crippen MR) is 38.2 cm³/mol. The minimum absolute atomic E-state index is 1.50. The van der Waals surface area contributed by atoms with Crippen LogP contribution in [0.4, 0.5) is 0 Å². The molecule has 2 rings (SSSR count). The molecule has 0 saturated carbocycles. The van der Waals surface area contributed by atoms with Gasteiger partial charge in [0.1, 0.15) is 13.1 Å². The third-order valence-corrected chi connectivity index (χ3v) is 2.87. The van der Waals surface area contributed by atoms with Crippen molar-refractivity contribution >= 4 is 0 Å². The lowest BCUT2D eigenvalue weighted by Crippen LogP contribution is -2.26. The lowest BCUT2D eigenvalue weighted by atomic mass is 10.2. The van der Waals surface area contributed by atoms with E-state index in [1.165, 1.54) is 56.3 Å². The monoisotopic (exact) mass is 126 g/mol. The Labute approximate surface area is 57.3 Å². The average molecular weight is 126 g/mol.